The molecule has 1 aliphatic carbocycles. The van der Waals surface area contributed by atoms with E-state index in [9.17, 15) is 48.6 Å². The Bertz CT molecular complexity index is 3010. The van der Waals surface area contributed by atoms with Crippen LogP contribution in [0.2, 0.25) is 40.2 Å². The number of nitrogens with zero attached hydrogens (tertiary/aromatic N) is 4. The fourth-order valence-corrected chi connectivity index (χ4v) is 8.24. The first-order valence-electron chi connectivity index (χ1n) is 16.1. The molecule has 314 valence electrons. The van der Waals surface area contributed by atoms with Crippen molar-refractivity contribution in [3.8, 4) is 5.88 Å². The van der Waals surface area contributed by atoms with Crippen molar-refractivity contribution in [2.45, 2.75) is 12.3 Å². The molecule has 61 heavy (non-hydrogen) atoms. The van der Waals surface area contributed by atoms with Gasteiger partial charge in [0.05, 0.1) is 85.8 Å². The van der Waals surface area contributed by atoms with Gasteiger partial charge in [0, 0.05) is 21.9 Å². The number of Topliss-reactive ketones (excluding diaryl/α,β-unsaturated/α-hetero) is 3. The molecule has 3 aliphatic rings. The predicted octanol–water partition coefficient (Wildman–Crippen LogP) is 7.42. The molecule has 0 saturated carbocycles. The summed E-state index contributed by atoms with van der Waals surface area (Å²) >= 11 is 49.6. The summed E-state index contributed by atoms with van der Waals surface area (Å²) in [6.07, 6.45) is -0.571. The molecule has 0 fully saturated rings. The van der Waals surface area contributed by atoms with Crippen LogP contribution in [0.15, 0.2) is 50.0 Å². The number of para-hydroxylation sites is 1. The van der Waals surface area contributed by atoms with Gasteiger partial charge in [-0.1, -0.05) is 111 Å². The van der Waals surface area contributed by atoms with E-state index >= 15 is 0 Å². The van der Waals surface area contributed by atoms with E-state index in [0.717, 1.165) is 4.90 Å². The topological polar surface area (TPSA) is 261 Å². The predicted molar refractivity (Wildman–Crippen MR) is 222 cm³/mol. The summed E-state index contributed by atoms with van der Waals surface area (Å²) in [6.45, 7) is 0. The monoisotopic (exact) mass is 1030 g/mol. The number of aliphatic hydroxyl groups is 1. The molecule has 0 radical (unpaired) electrons. The maximum absolute atomic E-state index is 13.5. The number of carbonyl (C=O) groups is 6. The third-order valence-corrected chi connectivity index (χ3v) is 12.5. The van der Waals surface area contributed by atoms with Gasteiger partial charge in [-0.2, -0.15) is 10.1 Å². The van der Waals surface area contributed by atoms with Crippen molar-refractivity contribution in [2.75, 3.05) is 10.3 Å². The first-order chi connectivity index (χ1) is 28.3. The fraction of sp³-hybridized carbons (Fsp3) is 0.0571. The number of anilines is 2. The first kappa shape index (κ1) is 45.6. The molecule has 0 unspecified atom stereocenters. The van der Waals surface area contributed by atoms with Crippen LogP contribution >= 0.6 is 92.8 Å². The average Bonchev–Trinajstić information content (AvgIpc) is 3.61. The van der Waals surface area contributed by atoms with Crippen LogP contribution in [-0.2, 0) is 26.1 Å². The summed E-state index contributed by atoms with van der Waals surface area (Å²) < 4.78 is 0. The number of pyridine rings is 1. The zero-order valence-electron chi connectivity index (χ0n) is 29.0. The third-order valence-electron chi connectivity index (χ3n) is 8.86. The van der Waals surface area contributed by atoms with Crippen LogP contribution in [-0.4, -0.2) is 71.8 Å². The molecule has 17 nitrogen and oxygen atoms in total. The number of aliphatic hydroxyl groups excluding tert-OH is 1. The molecule has 2 aliphatic heterocycles. The molecule has 0 saturated heterocycles. The number of aromatic amines is 2. The summed E-state index contributed by atoms with van der Waals surface area (Å²) in [7, 11) is 0. The zero-order valence-corrected chi connectivity index (χ0v) is 36.0. The van der Waals surface area contributed by atoms with E-state index in [1.165, 1.54) is 12.1 Å². The fourth-order valence-electron chi connectivity index (χ4n) is 6.19. The van der Waals surface area contributed by atoms with Crippen LogP contribution in [0.3, 0.4) is 0 Å². The van der Waals surface area contributed by atoms with Crippen molar-refractivity contribution in [1.29, 1.82) is 0 Å². The molecule has 3 aromatic carbocycles. The number of benzene rings is 3. The number of ketones is 3. The number of imide groups is 1. The number of hydrazone groups is 1. The first-order valence-corrected chi connectivity index (χ1v) is 19.1. The Morgan fingerprint density at radius 2 is 1.21 bits per heavy atom. The summed E-state index contributed by atoms with van der Waals surface area (Å²) in [5, 5.41) is 21.0. The van der Waals surface area contributed by atoms with Gasteiger partial charge in [-0.25, -0.2) is 14.7 Å². The third kappa shape index (κ3) is 7.59. The zero-order chi connectivity index (χ0) is 43.8. The summed E-state index contributed by atoms with van der Waals surface area (Å²) in [6, 6.07) is 7.78. The molecule has 26 heteroatoms. The molecular formula is C35H13Cl8N7NiO10. The van der Waals surface area contributed by atoms with E-state index in [-0.39, 0.29) is 95.8 Å². The van der Waals surface area contributed by atoms with Crippen LogP contribution < -0.4 is 21.6 Å². The van der Waals surface area contributed by atoms with Gasteiger partial charge in [0.15, 0.2) is 28.7 Å². The number of H-pyrrole nitrogens is 2. The van der Waals surface area contributed by atoms with Crippen molar-refractivity contribution >= 4 is 162 Å². The number of aromatic hydroxyl groups is 1. The second-order valence-electron chi connectivity index (χ2n) is 12.3. The van der Waals surface area contributed by atoms with E-state index in [0.29, 0.717) is 5.39 Å². The standard InChI is InChI=1S/C26H6Cl8N2O4.C9H7N5O6.Ni/c27-14-10-11(15(28)19(32)18(14)31)24(38)9(23(10)37)7-5-4-6-2-1-3-8(22(6)35-7)36-25(39)12-13(26(36)40)17(30)21(34)20(33)16(12)29;15-2-1-3(16)10-6(17)4(2)13-14-5-7(18)11-9(20)12-8(5)19;/h1-5,9H;14H,1H2,(H,10,16,17)(H3,11,12,18,19,20);. The molecule has 5 N–H and O–H groups in total. The molecule has 5 aromatic rings. The van der Waals surface area contributed by atoms with Crippen molar-refractivity contribution < 1.29 is 55.5 Å². The Hall–Kier alpha value is -4.88. The maximum Gasteiger partial charge on any atom is 0.328 e. The normalized spacial score (nSPS) is 15.5. The Kier molecular flexibility index (Phi) is 12.8. The van der Waals surface area contributed by atoms with Crippen molar-refractivity contribution in [3.63, 3.8) is 0 Å². The maximum atomic E-state index is 13.5. The number of hydrogen-bond donors (Lipinski definition) is 5. The quantitative estimate of drug-likeness (QED) is 0.0294. The summed E-state index contributed by atoms with van der Waals surface area (Å²) in [5.41, 5.74) is -1.61. The number of rotatable bonds is 4. The molecule has 0 bridgehead atoms. The van der Waals surface area contributed by atoms with Crippen LogP contribution in [0, 0.1) is 0 Å². The number of carbonyl (C=O) groups excluding carboxylic acids is 6. The van der Waals surface area contributed by atoms with Crippen LogP contribution in [0.25, 0.3) is 10.9 Å². The van der Waals surface area contributed by atoms with Gasteiger partial charge in [-0.3, -0.25) is 49.0 Å². The van der Waals surface area contributed by atoms with Crippen LogP contribution in [0.5, 0.6) is 5.88 Å². The van der Waals surface area contributed by atoms with Gasteiger partial charge >= 0.3 is 5.69 Å². The van der Waals surface area contributed by atoms with E-state index in [2.05, 4.69) is 15.1 Å². The number of aliphatic imine (C=N–C) groups is 1. The van der Waals surface area contributed by atoms with Gasteiger partial charge in [-0.05, 0) is 12.1 Å². The molecule has 3 amide bonds. The molecule has 0 spiro atoms. The second kappa shape index (κ2) is 17.1. The minimum absolute atomic E-state index is 0. The smallest absolute Gasteiger partial charge is 0.328 e. The van der Waals surface area contributed by atoms with Crippen molar-refractivity contribution in [3.05, 3.63) is 119 Å². The minimum atomic E-state index is -1.43. The second-order valence-corrected chi connectivity index (χ2v) is 15.4. The van der Waals surface area contributed by atoms with E-state index < -0.39 is 81.8 Å². The van der Waals surface area contributed by atoms with Crippen LogP contribution in [0.1, 0.15) is 59.5 Å². The van der Waals surface area contributed by atoms with Crippen LogP contribution in [0.4, 0.5) is 11.4 Å². The Labute approximate surface area is 387 Å². The number of fused-ring (bicyclic) bond motifs is 3. The number of nitrogens with one attached hydrogen (secondary N) is 3. The number of amides is 3. The Morgan fingerprint density at radius 3 is 1.72 bits per heavy atom. The van der Waals surface area contributed by atoms with E-state index in [4.69, 9.17) is 92.8 Å². The molecular weight excluding hydrogens is 1020 g/mol. The van der Waals surface area contributed by atoms with Crippen molar-refractivity contribution in [1.82, 2.24) is 15.0 Å². The van der Waals surface area contributed by atoms with Gasteiger partial charge in [-0.15, -0.1) is 0 Å². The average molecular weight is 1030 g/mol. The Balaban J connectivity index is 0.000000250. The molecule has 0 atom stereocenters. The minimum Gasteiger partial charge on any atom is -0.493 e. The molecule has 8 rings (SSSR count). The molecule has 4 heterocycles. The van der Waals surface area contributed by atoms with Gasteiger partial charge in [0.25, 0.3) is 23.3 Å². The van der Waals surface area contributed by atoms with E-state index in [1.54, 1.807) is 23.2 Å². The number of aromatic nitrogens is 3. The number of halogens is 8. The van der Waals surface area contributed by atoms with Gasteiger partial charge in [0.1, 0.15) is 5.92 Å². The van der Waals surface area contributed by atoms with Gasteiger partial charge < -0.3 is 10.2 Å². The molecule has 2 aromatic heterocycles. The largest absolute Gasteiger partial charge is 0.493 e. The number of hydrogen-bond acceptors (Lipinski definition) is 12. The van der Waals surface area contributed by atoms with Gasteiger partial charge in [0.2, 0.25) is 11.8 Å². The SMILES string of the molecule is O=C1CC(=O)C(=NNc2c(O)[nH]c(=O)[nH]c2=O)C(O)=N1.O=C1c2c(Cl)c(Cl)c(Cl)c(Cl)c2C(=O)C1c1ccc2cccc(N3C(=O)c4c(Cl)c(Cl)c(Cl)c(Cl)c4C3=O)c2n1.[Ni]. The van der Waals surface area contributed by atoms with E-state index in [1.807, 2.05) is 10.4 Å². The summed E-state index contributed by atoms with van der Waals surface area (Å²) in [5.74, 6) is -7.76. The summed E-state index contributed by atoms with van der Waals surface area (Å²) in [4.78, 5) is 110. The van der Waals surface area contributed by atoms with Crippen molar-refractivity contribution in [2.24, 2.45) is 10.1 Å². The Morgan fingerprint density at radius 1 is 0.689 bits per heavy atom.